The van der Waals surface area contributed by atoms with Crippen molar-refractivity contribution in [2.45, 2.75) is 52.3 Å². The van der Waals surface area contributed by atoms with Crippen molar-refractivity contribution in [1.29, 1.82) is 0 Å². The molecule has 2 aromatic carbocycles. The van der Waals surface area contributed by atoms with Crippen LogP contribution in [0.3, 0.4) is 0 Å². The van der Waals surface area contributed by atoms with Crippen LogP contribution in [0.5, 0.6) is 5.75 Å². The number of carbonyl (C=O) groups is 1. The van der Waals surface area contributed by atoms with Crippen LogP contribution in [0.15, 0.2) is 60.8 Å². The van der Waals surface area contributed by atoms with E-state index in [0.29, 0.717) is 22.4 Å². The molecule has 0 bridgehead atoms. The van der Waals surface area contributed by atoms with Crippen LogP contribution in [0.2, 0.25) is 5.02 Å². The Balaban J connectivity index is 1.59. The number of aromatic nitrogens is 2. The second-order valence-electron chi connectivity index (χ2n) is 7.38. The van der Waals surface area contributed by atoms with Crippen molar-refractivity contribution in [2.75, 3.05) is 0 Å². The van der Waals surface area contributed by atoms with Crippen LogP contribution >= 0.6 is 11.6 Å². The summed E-state index contributed by atoms with van der Waals surface area (Å²) in [5.41, 5.74) is 2.79. The summed E-state index contributed by atoms with van der Waals surface area (Å²) in [7, 11) is 0. The molecule has 3 rings (SSSR count). The summed E-state index contributed by atoms with van der Waals surface area (Å²) >= 11 is 5.88. The van der Waals surface area contributed by atoms with Crippen molar-refractivity contribution in [3.63, 3.8) is 0 Å². The highest BCUT2D eigenvalue weighted by atomic mass is 35.5. The Bertz CT molecular complexity index is 951. The molecule has 0 aliphatic rings. The summed E-state index contributed by atoms with van der Waals surface area (Å²) < 4.78 is 7.25. The monoisotopic (exact) mass is 425 g/mol. The van der Waals surface area contributed by atoms with Gasteiger partial charge in [0.05, 0.1) is 6.04 Å². The average molecular weight is 426 g/mol. The van der Waals surface area contributed by atoms with Gasteiger partial charge < -0.3 is 10.1 Å². The molecule has 6 heteroatoms. The van der Waals surface area contributed by atoms with Crippen LogP contribution in [0.1, 0.15) is 67.2 Å². The number of ether oxygens (including phenoxy) is 1. The number of hydrogen-bond acceptors (Lipinski definition) is 3. The highest BCUT2D eigenvalue weighted by Gasteiger charge is 2.16. The lowest BCUT2D eigenvalue weighted by Crippen LogP contribution is -2.28. The Morgan fingerprint density at radius 1 is 1.03 bits per heavy atom. The zero-order valence-electron chi connectivity index (χ0n) is 17.6. The Morgan fingerprint density at radius 3 is 2.33 bits per heavy atom. The van der Waals surface area contributed by atoms with Crippen molar-refractivity contribution in [2.24, 2.45) is 0 Å². The molecule has 0 spiro atoms. The molecule has 0 saturated heterocycles. The van der Waals surface area contributed by atoms with Gasteiger partial charge in [-0.2, -0.15) is 5.10 Å². The minimum atomic E-state index is -0.196. The van der Waals surface area contributed by atoms with Gasteiger partial charge in [-0.05, 0) is 60.2 Å². The van der Waals surface area contributed by atoms with Crippen LogP contribution in [-0.4, -0.2) is 15.7 Å². The van der Waals surface area contributed by atoms with E-state index in [-0.39, 0.29) is 18.7 Å². The molecular formula is C24H28ClN3O2. The first-order valence-electron chi connectivity index (χ1n) is 10.3. The molecule has 158 valence electrons. The maximum absolute atomic E-state index is 12.7. The molecule has 1 heterocycles. The molecule has 5 nitrogen and oxygen atoms in total. The Hall–Kier alpha value is -2.79. The molecule has 1 N–H and O–H groups in total. The molecular weight excluding hydrogens is 398 g/mol. The first-order chi connectivity index (χ1) is 14.5. The van der Waals surface area contributed by atoms with Gasteiger partial charge in [-0.25, -0.2) is 4.68 Å². The topological polar surface area (TPSA) is 56.2 Å². The Labute approximate surface area is 183 Å². The van der Waals surface area contributed by atoms with Crippen LogP contribution in [0.25, 0.3) is 0 Å². The maximum atomic E-state index is 12.7. The predicted molar refractivity (Wildman–Crippen MR) is 120 cm³/mol. The van der Waals surface area contributed by atoms with Crippen molar-refractivity contribution < 1.29 is 9.53 Å². The van der Waals surface area contributed by atoms with Gasteiger partial charge in [0, 0.05) is 11.2 Å². The smallest absolute Gasteiger partial charge is 0.272 e. The van der Waals surface area contributed by atoms with E-state index in [0.717, 1.165) is 18.4 Å². The number of carbonyl (C=O) groups excluding carboxylic acids is 1. The minimum absolute atomic E-state index is 0.0565. The molecule has 1 aromatic heterocycles. The molecule has 3 aromatic rings. The summed E-state index contributed by atoms with van der Waals surface area (Å²) in [6.45, 7) is 6.68. The van der Waals surface area contributed by atoms with Crippen LogP contribution in [0, 0.1) is 0 Å². The van der Waals surface area contributed by atoms with E-state index in [1.807, 2.05) is 0 Å². The Morgan fingerprint density at radius 2 is 1.70 bits per heavy atom. The van der Waals surface area contributed by atoms with Crippen LogP contribution < -0.4 is 10.1 Å². The van der Waals surface area contributed by atoms with E-state index >= 15 is 0 Å². The third-order valence-electron chi connectivity index (χ3n) is 5.28. The van der Waals surface area contributed by atoms with Crippen molar-refractivity contribution in [3.8, 4) is 5.75 Å². The summed E-state index contributed by atoms with van der Waals surface area (Å²) in [6.07, 6.45) is 3.64. The average Bonchev–Trinajstić information content (AvgIpc) is 3.26. The fraction of sp³-hybridized carbons (Fsp3) is 0.333. The SMILES string of the molecule is CCC(C)c1ccc(C(CC)NC(=O)c2ccn(COc3ccc(Cl)cc3)n2)cc1. The molecule has 30 heavy (non-hydrogen) atoms. The normalized spacial score (nSPS) is 12.9. The van der Waals surface area contributed by atoms with Gasteiger partial charge in [-0.3, -0.25) is 4.79 Å². The molecule has 1 amide bonds. The van der Waals surface area contributed by atoms with E-state index < -0.39 is 0 Å². The van der Waals surface area contributed by atoms with E-state index in [1.54, 1.807) is 41.2 Å². The number of halogens is 1. The summed E-state index contributed by atoms with van der Waals surface area (Å²) in [6, 6.07) is 17.3. The molecule has 0 aliphatic heterocycles. The number of nitrogens with one attached hydrogen (secondary N) is 1. The number of amides is 1. The van der Waals surface area contributed by atoms with Gasteiger partial charge in [-0.15, -0.1) is 0 Å². The zero-order valence-corrected chi connectivity index (χ0v) is 18.4. The summed E-state index contributed by atoms with van der Waals surface area (Å²) in [4.78, 5) is 12.7. The largest absolute Gasteiger partial charge is 0.471 e. The predicted octanol–water partition coefficient (Wildman–Crippen LogP) is 5.97. The van der Waals surface area contributed by atoms with Crippen molar-refractivity contribution in [3.05, 3.63) is 82.6 Å². The van der Waals surface area contributed by atoms with Crippen molar-refractivity contribution in [1.82, 2.24) is 15.1 Å². The van der Waals surface area contributed by atoms with Crippen LogP contribution in [-0.2, 0) is 6.73 Å². The molecule has 2 atom stereocenters. The van der Waals surface area contributed by atoms with E-state index in [9.17, 15) is 4.79 Å². The van der Waals surface area contributed by atoms with Crippen LogP contribution in [0.4, 0.5) is 0 Å². The van der Waals surface area contributed by atoms with Gasteiger partial charge in [0.1, 0.15) is 11.4 Å². The molecule has 0 aliphatic carbocycles. The maximum Gasteiger partial charge on any atom is 0.272 e. The lowest BCUT2D eigenvalue weighted by atomic mass is 9.95. The molecule has 0 saturated carbocycles. The summed E-state index contributed by atoms with van der Waals surface area (Å²) in [5.74, 6) is 1.03. The second kappa shape index (κ2) is 10.3. The highest BCUT2D eigenvalue weighted by molar-refractivity contribution is 6.30. The number of nitrogens with zero attached hydrogens (tertiary/aromatic N) is 2. The minimum Gasteiger partial charge on any atom is -0.471 e. The first kappa shape index (κ1) is 21.9. The fourth-order valence-electron chi connectivity index (χ4n) is 3.17. The number of hydrogen-bond donors (Lipinski definition) is 1. The van der Waals surface area contributed by atoms with E-state index in [1.165, 1.54) is 5.56 Å². The Kier molecular flexibility index (Phi) is 7.52. The van der Waals surface area contributed by atoms with Gasteiger partial charge in [-0.1, -0.05) is 56.6 Å². The molecule has 2 unspecified atom stereocenters. The second-order valence-corrected chi connectivity index (χ2v) is 7.81. The number of benzene rings is 2. The third kappa shape index (κ3) is 5.63. The van der Waals surface area contributed by atoms with E-state index in [4.69, 9.17) is 16.3 Å². The highest BCUT2D eigenvalue weighted by Crippen LogP contribution is 2.23. The molecule has 0 radical (unpaired) electrons. The quantitative estimate of drug-likeness (QED) is 0.459. The lowest BCUT2D eigenvalue weighted by Gasteiger charge is -2.18. The number of rotatable bonds is 9. The zero-order chi connectivity index (χ0) is 21.5. The fourth-order valence-corrected chi connectivity index (χ4v) is 3.30. The van der Waals surface area contributed by atoms with Gasteiger partial charge in [0.25, 0.3) is 5.91 Å². The molecule has 0 fully saturated rings. The first-order valence-corrected chi connectivity index (χ1v) is 10.7. The van der Waals surface area contributed by atoms with E-state index in [2.05, 4.69) is 55.5 Å². The van der Waals surface area contributed by atoms with Gasteiger partial charge in [0.2, 0.25) is 0 Å². The third-order valence-corrected chi connectivity index (χ3v) is 5.54. The summed E-state index contributed by atoms with van der Waals surface area (Å²) in [5, 5.41) is 8.06. The standard InChI is InChI=1S/C24H28ClN3O2/c1-4-17(3)18-6-8-19(9-7-18)22(5-2)26-24(29)23-14-15-28(27-23)16-30-21-12-10-20(25)11-13-21/h6-15,17,22H,4-5,16H2,1-3H3,(H,26,29). The van der Waals surface area contributed by atoms with Gasteiger partial charge >= 0.3 is 0 Å². The van der Waals surface area contributed by atoms with Crippen molar-refractivity contribution >= 4 is 17.5 Å². The lowest BCUT2D eigenvalue weighted by molar-refractivity contribution is 0.0928. The van der Waals surface area contributed by atoms with Gasteiger partial charge in [0.15, 0.2) is 6.73 Å².